The summed E-state index contributed by atoms with van der Waals surface area (Å²) in [6, 6.07) is 4.83. The van der Waals surface area contributed by atoms with Gasteiger partial charge < -0.3 is 5.73 Å². The maximum Gasteiger partial charge on any atom is 0.139 e. The van der Waals surface area contributed by atoms with E-state index < -0.39 is 6.17 Å². The predicted octanol–water partition coefficient (Wildman–Crippen LogP) is 3.38. The summed E-state index contributed by atoms with van der Waals surface area (Å²) in [6.07, 6.45) is -1.24. The van der Waals surface area contributed by atoms with Gasteiger partial charge in [-0.1, -0.05) is 35.3 Å². The topological polar surface area (TPSA) is 26.0 Å². The van der Waals surface area contributed by atoms with Crippen molar-refractivity contribution >= 4 is 35.6 Å². The first-order valence-corrected chi connectivity index (χ1v) is 4.20. The lowest BCUT2D eigenvalue weighted by molar-refractivity contribution is 0.353. The maximum absolute atomic E-state index is 13.0. The first-order valence-electron chi connectivity index (χ1n) is 3.45. The standard InChI is InChI=1S/C8H8Cl2FN.ClH/c9-6-3-1-2-5(8(6)10)7(11)4-12;/h1-3,7H,4,12H2;1H. The second-order valence-electron chi connectivity index (χ2n) is 2.35. The average molecular weight is 245 g/mol. The molecule has 13 heavy (non-hydrogen) atoms. The Kier molecular flexibility index (Phi) is 5.65. The molecule has 74 valence electrons. The van der Waals surface area contributed by atoms with Gasteiger partial charge in [0.25, 0.3) is 0 Å². The summed E-state index contributed by atoms with van der Waals surface area (Å²) in [7, 11) is 0. The van der Waals surface area contributed by atoms with E-state index in [1.54, 1.807) is 18.2 Å². The van der Waals surface area contributed by atoms with Crippen LogP contribution in [-0.2, 0) is 0 Å². The second kappa shape index (κ2) is 5.66. The van der Waals surface area contributed by atoms with E-state index in [-0.39, 0.29) is 24.0 Å². The average Bonchev–Trinajstić information content (AvgIpc) is 2.08. The van der Waals surface area contributed by atoms with Gasteiger partial charge in [-0.15, -0.1) is 12.4 Å². The third-order valence-electron chi connectivity index (χ3n) is 1.53. The largest absolute Gasteiger partial charge is 0.327 e. The molecule has 0 aromatic heterocycles. The van der Waals surface area contributed by atoms with E-state index in [2.05, 4.69) is 0 Å². The first-order chi connectivity index (χ1) is 5.66. The fraction of sp³-hybridized carbons (Fsp3) is 0.250. The molecule has 0 aliphatic heterocycles. The number of nitrogens with two attached hydrogens (primary N) is 1. The van der Waals surface area contributed by atoms with E-state index in [4.69, 9.17) is 28.9 Å². The van der Waals surface area contributed by atoms with Crippen LogP contribution in [0.4, 0.5) is 4.39 Å². The smallest absolute Gasteiger partial charge is 0.139 e. The Hall–Kier alpha value is -0.0200. The van der Waals surface area contributed by atoms with Gasteiger partial charge in [0.2, 0.25) is 0 Å². The summed E-state index contributed by atoms with van der Waals surface area (Å²) >= 11 is 11.4. The zero-order chi connectivity index (χ0) is 9.14. The van der Waals surface area contributed by atoms with E-state index in [9.17, 15) is 4.39 Å². The van der Waals surface area contributed by atoms with Crippen LogP contribution in [0, 0.1) is 0 Å². The van der Waals surface area contributed by atoms with Crippen molar-refractivity contribution in [1.82, 2.24) is 0 Å². The highest BCUT2D eigenvalue weighted by Crippen LogP contribution is 2.30. The van der Waals surface area contributed by atoms with E-state index >= 15 is 0 Å². The Labute approximate surface area is 92.4 Å². The third-order valence-corrected chi connectivity index (χ3v) is 2.36. The number of rotatable bonds is 2. The van der Waals surface area contributed by atoms with E-state index in [0.717, 1.165) is 0 Å². The van der Waals surface area contributed by atoms with Crippen molar-refractivity contribution in [3.8, 4) is 0 Å². The van der Waals surface area contributed by atoms with Gasteiger partial charge >= 0.3 is 0 Å². The molecule has 0 heterocycles. The van der Waals surface area contributed by atoms with Crippen LogP contribution in [-0.4, -0.2) is 6.54 Å². The first kappa shape index (κ1) is 13.0. The van der Waals surface area contributed by atoms with Crippen molar-refractivity contribution in [3.63, 3.8) is 0 Å². The Morgan fingerprint density at radius 3 is 2.54 bits per heavy atom. The lowest BCUT2D eigenvalue weighted by Gasteiger charge is -2.08. The molecule has 0 spiro atoms. The Morgan fingerprint density at radius 1 is 1.38 bits per heavy atom. The molecule has 1 atom stereocenters. The van der Waals surface area contributed by atoms with Crippen LogP contribution < -0.4 is 5.73 Å². The summed E-state index contributed by atoms with van der Waals surface area (Å²) in [5.74, 6) is 0. The van der Waals surface area contributed by atoms with Crippen LogP contribution >= 0.6 is 35.6 Å². The van der Waals surface area contributed by atoms with Crippen LogP contribution in [0.5, 0.6) is 0 Å². The minimum absolute atomic E-state index is 0. The quantitative estimate of drug-likeness (QED) is 0.848. The summed E-state index contributed by atoms with van der Waals surface area (Å²) < 4.78 is 13.0. The molecule has 0 radical (unpaired) electrons. The molecule has 1 aromatic carbocycles. The molecule has 0 saturated heterocycles. The summed E-state index contributed by atoms with van der Waals surface area (Å²) in [4.78, 5) is 0. The molecule has 1 nitrogen and oxygen atoms in total. The molecule has 0 aliphatic carbocycles. The maximum atomic E-state index is 13.0. The van der Waals surface area contributed by atoms with Crippen LogP contribution in [0.25, 0.3) is 0 Å². The van der Waals surface area contributed by atoms with Crippen molar-refractivity contribution in [1.29, 1.82) is 0 Å². The van der Waals surface area contributed by atoms with Crippen molar-refractivity contribution in [2.45, 2.75) is 6.17 Å². The van der Waals surface area contributed by atoms with Gasteiger partial charge in [-0.3, -0.25) is 0 Å². The zero-order valence-electron chi connectivity index (χ0n) is 6.64. The van der Waals surface area contributed by atoms with Gasteiger partial charge in [0.05, 0.1) is 10.0 Å². The summed E-state index contributed by atoms with van der Waals surface area (Å²) in [6.45, 7) is -0.0833. The highest BCUT2D eigenvalue weighted by molar-refractivity contribution is 6.42. The van der Waals surface area contributed by atoms with Crippen molar-refractivity contribution in [3.05, 3.63) is 33.8 Å². The number of benzene rings is 1. The van der Waals surface area contributed by atoms with Crippen molar-refractivity contribution in [2.24, 2.45) is 5.73 Å². The Morgan fingerprint density at radius 2 is 2.00 bits per heavy atom. The Balaban J connectivity index is 0.00000144. The summed E-state index contributed by atoms with van der Waals surface area (Å²) in [5, 5.41) is 0.599. The van der Waals surface area contributed by atoms with Crippen LogP contribution in [0.1, 0.15) is 11.7 Å². The molecule has 5 heteroatoms. The predicted molar refractivity (Wildman–Crippen MR) is 56.6 cm³/mol. The van der Waals surface area contributed by atoms with Gasteiger partial charge in [-0.2, -0.15) is 0 Å². The number of hydrogen-bond donors (Lipinski definition) is 1. The molecule has 0 amide bonds. The summed E-state index contributed by atoms with van der Waals surface area (Å²) in [5.41, 5.74) is 5.50. The van der Waals surface area contributed by atoms with E-state index in [1.165, 1.54) is 0 Å². The monoisotopic (exact) mass is 243 g/mol. The molecular weight excluding hydrogens is 235 g/mol. The van der Waals surface area contributed by atoms with Crippen LogP contribution in [0.15, 0.2) is 18.2 Å². The van der Waals surface area contributed by atoms with Gasteiger partial charge in [-0.05, 0) is 6.07 Å². The molecule has 0 aliphatic rings. The lowest BCUT2D eigenvalue weighted by Crippen LogP contribution is -2.08. The fourth-order valence-corrected chi connectivity index (χ4v) is 1.32. The van der Waals surface area contributed by atoms with Gasteiger partial charge in [0.1, 0.15) is 6.17 Å². The second-order valence-corrected chi connectivity index (χ2v) is 3.13. The zero-order valence-corrected chi connectivity index (χ0v) is 8.96. The highest BCUT2D eigenvalue weighted by Gasteiger charge is 2.12. The minimum Gasteiger partial charge on any atom is -0.327 e. The van der Waals surface area contributed by atoms with Gasteiger partial charge in [0.15, 0.2) is 0 Å². The van der Waals surface area contributed by atoms with Crippen LogP contribution in [0.3, 0.4) is 0 Å². The SMILES string of the molecule is Cl.NCC(F)c1cccc(Cl)c1Cl. The molecule has 1 aromatic rings. The van der Waals surface area contributed by atoms with E-state index in [1.807, 2.05) is 0 Å². The van der Waals surface area contributed by atoms with Crippen LogP contribution in [0.2, 0.25) is 10.0 Å². The molecule has 0 bridgehead atoms. The molecule has 0 fully saturated rings. The van der Waals surface area contributed by atoms with Gasteiger partial charge in [0, 0.05) is 12.1 Å². The number of halogens is 4. The minimum atomic E-state index is -1.24. The fourth-order valence-electron chi connectivity index (χ4n) is 0.889. The lowest BCUT2D eigenvalue weighted by atomic mass is 10.1. The molecule has 1 unspecified atom stereocenters. The van der Waals surface area contributed by atoms with E-state index in [0.29, 0.717) is 10.6 Å². The van der Waals surface area contributed by atoms with Gasteiger partial charge in [-0.25, -0.2) is 4.39 Å². The molecular formula is C8H9Cl3FN. The van der Waals surface area contributed by atoms with Crippen molar-refractivity contribution < 1.29 is 4.39 Å². The number of alkyl halides is 1. The number of hydrogen-bond acceptors (Lipinski definition) is 1. The molecule has 2 N–H and O–H groups in total. The highest BCUT2D eigenvalue weighted by atomic mass is 35.5. The van der Waals surface area contributed by atoms with Crippen molar-refractivity contribution in [2.75, 3.05) is 6.54 Å². The molecule has 1 rings (SSSR count). The molecule has 0 saturated carbocycles. The Bertz CT molecular complexity index is 280. The normalized spacial score (nSPS) is 12.0. The third kappa shape index (κ3) is 2.99.